The fraction of sp³-hybridized carbons (Fsp3) is 0.650. The van der Waals surface area contributed by atoms with Crippen molar-refractivity contribution in [1.82, 2.24) is 10.6 Å². The zero-order chi connectivity index (χ0) is 20.3. The smallest absolute Gasteiger partial charge is 0.255 e. The van der Waals surface area contributed by atoms with Crippen molar-refractivity contribution in [3.8, 4) is 17.2 Å². The van der Waals surface area contributed by atoms with Gasteiger partial charge in [0.15, 0.2) is 11.5 Å². The minimum absolute atomic E-state index is 0.0572. The lowest BCUT2D eigenvalue weighted by Crippen LogP contribution is -2.70. The number of ether oxygens (including phenoxy) is 2. The summed E-state index contributed by atoms with van der Waals surface area (Å²) in [6, 6.07) is 0.394. The minimum atomic E-state index is -1.40. The predicted molar refractivity (Wildman–Crippen MR) is 100 cm³/mol. The molecule has 0 aromatic heterocycles. The lowest BCUT2D eigenvalue weighted by molar-refractivity contribution is -0.120. The number of hydrogen-bond acceptors (Lipinski definition) is 8. The van der Waals surface area contributed by atoms with E-state index in [1.165, 1.54) is 6.42 Å². The maximum atomic E-state index is 12.7. The highest BCUT2D eigenvalue weighted by molar-refractivity contribution is 6.01. The molecule has 2 saturated carbocycles. The molecule has 9 heteroatoms. The molecule has 0 saturated heterocycles. The Balaban J connectivity index is 1.60. The Bertz CT molecular complexity index is 826. The number of rotatable bonds is 2. The second kappa shape index (κ2) is 7.02. The summed E-state index contributed by atoms with van der Waals surface area (Å²) in [6.45, 7) is -0.0603. The van der Waals surface area contributed by atoms with Crippen LogP contribution in [0, 0.1) is 0 Å². The molecule has 5 rings (SSSR count). The van der Waals surface area contributed by atoms with Crippen molar-refractivity contribution in [2.45, 2.75) is 74.5 Å². The molecular weight excluding hydrogens is 380 g/mol. The van der Waals surface area contributed by atoms with Crippen LogP contribution in [-0.4, -0.2) is 69.6 Å². The van der Waals surface area contributed by atoms with E-state index >= 15 is 0 Å². The minimum Gasteiger partial charge on any atom is -0.504 e. The third kappa shape index (κ3) is 2.87. The number of benzene rings is 1. The molecule has 1 aromatic carbocycles. The van der Waals surface area contributed by atoms with E-state index in [9.17, 15) is 25.2 Å². The first kappa shape index (κ1) is 18.9. The van der Waals surface area contributed by atoms with Gasteiger partial charge < -0.3 is 40.5 Å². The monoisotopic (exact) mass is 406 g/mol. The molecule has 4 aliphatic rings. The first-order chi connectivity index (χ1) is 14.0. The number of carbonyl (C=O) groups is 1. The molecule has 0 bridgehead atoms. The largest absolute Gasteiger partial charge is 0.504 e. The van der Waals surface area contributed by atoms with Gasteiger partial charge in [-0.1, -0.05) is 19.3 Å². The molecule has 0 radical (unpaired) electrons. The SMILES string of the molecule is O=C1NC2C(O)C(O)C(O)C(NC3CCCCC3)C2c2cc3c(c(O)c21)OCO3. The third-order valence-corrected chi connectivity index (χ3v) is 6.80. The van der Waals surface area contributed by atoms with Crippen molar-refractivity contribution in [2.75, 3.05) is 6.79 Å². The van der Waals surface area contributed by atoms with Crippen molar-refractivity contribution in [2.24, 2.45) is 0 Å². The highest BCUT2D eigenvalue weighted by Crippen LogP contribution is 2.50. The van der Waals surface area contributed by atoms with E-state index in [0.29, 0.717) is 11.3 Å². The molecule has 9 nitrogen and oxygen atoms in total. The first-order valence-electron chi connectivity index (χ1n) is 10.2. The lowest BCUT2D eigenvalue weighted by atomic mass is 9.68. The number of hydrogen-bond donors (Lipinski definition) is 6. The van der Waals surface area contributed by atoms with E-state index in [1.54, 1.807) is 6.07 Å². The number of nitrogens with one attached hydrogen (secondary N) is 2. The zero-order valence-corrected chi connectivity index (χ0v) is 15.9. The quantitative estimate of drug-likeness (QED) is 0.394. The van der Waals surface area contributed by atoms with Crippen LogP contribution in [-0.2, 0) is 0 Å². The van der Waals surface area contributed by atoms with Gasteiger partial charge >= 0.3 is 0 Å². The zero-order valence-electron chi connectivity index (χ0n) is 15.9. The number of carbonyl (C=O) groups excluding carboxylic acids is 1. The maximum absolute atomic E-state index is 12.7. The fourth-order valence-corrected chi connectivity index (χ4v) is 5.35. The van der Waals surface area contributed by atoms with Crippen molar-refractivity contribution in [3.05, 3.63) is 17.2 Å². The fourth-order valence-electron chi connectivity index (χ4n) is 5.35. The topological polar surface area (TPSA) is 141 Å². The van der Waals surface area contributed by atoms with Gasteiger partial charge in [-0.3, -0.25) is 4.79 Å². The Morgan fingerprint density at radius 2 is 1.79 bits per heavy atom. The molecule has 2 aliphatic carbocycles. The molecule has 1 aromatic rings. The van der Waals surface area contributed by atoms with Crippen molar-refractivity contribution in [3.63, 3.8) is 0 Å². The normalized spacial score (nSPS) is 36.3. The first-order valence-corrected chi connectivity index (χ1v) is 10.2. The number of aliphatic hydroxyl groups excluding tert-OH is 3. The summed E-state index contributed by atoms with van der Waals surface area (Å²) in [5, 5.41) is 48.7. The number of aromatic hydroxyl groups is 1. The van der Waals surface area contributed by atoms with Gasteiger partial charge in [-0.15, -0.1) is 0 Å². The highest BCUT2D eigenvalue weighted by atomic mass is 16.7. The van der Waals surface area contributed by atoms with Crippen molar-refractivity contribution >= 4 is 5.91 Å². The summed E-state index contributed by atoms with van der Waals surface area (Å²) in [5.41, 5.74) is 0.528. The summed E-state index contributed by atoms with van der Waals surface area (Å²) < 4.78 is 10.7. The summed E-state index contributed by atoms with van der Waals surface area (Å²) in [4.78, 5) is 12.7. The number of fused-ring (bicyclic) bond motifs is 4. The van der Waals surface area contributed by atoms with E-state index in [1.807, 2.05) is 0 Å². The number of phenols is 1. The molecule has 2 heterocycles. The van der Waals surface area contributed by atoms with Gasteiger partial charge in [-0.05, 0) is 24.5 Å². The molecule has 29 heavy (non-hydrogen) atoms. The Kier molecular flexibility index (Phi) is 4.58. The maximum Gasteiger partial charge on any atom is 0.255 e. The van der Waals surface area contributed by atoms with Gasteiger partial charge in [0, 0.05) is 18.0 Å². The van der Waals surface area contributed by atoms with Crippen LogP contribution >= 0.6 is 0 Å². The van der Waals surface area contributed by atoms with Crippen LogP contribution in [0.25, 0.3) is 0 Å². The van der Waals surface area contributed by atoms with Crippen molar-refractivity contribution in [1.29, 1.82) is 0 Å². The van der Waals surface area contributed by atoms with Crippen molar-refractivity contribution < 1.29 is 34.7 Å². The van der Waals surface area contributed by atoms with Crippen LogP contribution in [0.4, 0.5) is 0 Å². The molecule has 6 N–H and O–H groups in total. The molecular formula is C20H26N2O7. The van der Waals surface area contributed by atoms with E-state index in [2.05, 4.69) is 10.6 Å². The van der Waals surface area contributed by atoms with Crippen LogP contribution in [0.5, 0.6) is 17.2 Å². The van der Waals surface area contributed by atoms with Crippen LogP contribution in [0.2, 0.25) is 0 Å². The molecule has 1 amide bonds. The Hall–Kier alpha value is -2.07. The Labute approximate surface area is 167 Å². The average molecular weight is 406 g/mol. The van der Waals surface area contributed by atoms with Crippen LogP contribution < -0.4 is 20.1 Å². The van der Waals surface area contributed by atoms with Crippen LogP contribution in [0.15, 0.2) is 6.07 Å². The molecule has 2 aliphatic heterocycles. The van der Waals surface area contributed by atoms with Gasteiger partial charge in [-0.25, -0.2) is 0 Å². The second-order valence-electron chi connectivity index (χ2n) is 8.45. The summed E-state index contributed by atoms with van der Waals surface area (Å²) >= 11 is 0. The average Bonchev–Trinajstić information content (AvgIpc) is 3.19. The van der Waals surface area contributed by atoms with Gasteiger partial charge in [-0.2, -0.15) is 0 Å². The summed E-state index contributed by atoms with van der Waals surface area (Å²) in [5.74, 6) is -0.987. The van der Waals surface area contributed by atoms with E-state index in [4.69, 9.17) is 9.47 Å². The number of aliphatic hydroxyl groups is 3. The van der Waals surface area contributed by atoms with E-state index < -0.39 is 42.2 Å². The number of amides is 1. The van der Waals surface area contributed by atoms with E-state index in [0.717, 1.165) is 25.7 Å². The van der Waals surface area contributed by atoms with Gasteiger partial charge in [0.2, 0.25) is 12.5 Å². The van der Waals surface area contributed by atoms with Gasteiger partial charge in [0.25, 0.3) is 5.91 Å². The Morgan fingerprint density at radius 1 is 1.03 bits per heavy atom. The molecule has 6 unspecified atom stereocenters. The predicted octanol–water partition coefficient (Wildman–Crippen LogP) is -0.296. The molecule has 158 valence electrons. The van der Waals surface area contributed by atoms with E-state index in [-0.39, 0.29) is 29.9 Å². The standard InChI is InChI=1S/C20H26N2O7/c23-15-12-9(6-10-19(15)29-7-28-10)11-13(21-8-4-2-1-3-5-8)16(24)18(26)17(25)14(11)22-20(12)27/h6,8,11,13-14,16-18,21,23-26H,1-5,7H2,(H,22,27). The van der Waals surface area contributed by atoms with Crippen LogP contribution in [0.1, 0.15) is 53.9 Å². The van der Waals surface area contributed by atoms with Gasteiger partial charge in [0.1, 0.15) is 12.2 Å². The van der Waals surface area contributed by atoms with Crippen LogP contribution in [0.3, 0.4) is 0 Å². The third-order valence-electron chi connectivity index (χ3n) is 6.80. The molecule has 2 fully saturated rings. The summed E-state index contributed by atoms with van der Waals surface area (Å²) in [6.07, 6.45) is 1.30. The summed E-state index contributed by atoms with van der Waals surface area (Å²) in [7, 11) is 0. The molecule has 0 spiro atoms. The lowest BCUT2D eigenvalue weighted by Gasteiger charge is -2.50. The second-order valence-corrected chi connectivity index (χ2v) is 8.45. The number of phenolic OH excluding ortho intramolecular Hbond substituents is 1. The van der Waals surface area contributed by atoms with Gasteiger partial charge in [0.05, 0.1) is 17.7 Å². The Morgan fingerprint density at radius 3 is 2.55 bits per heavy atom. The highest BCUT2D eigenvalue weighted by Gasteiger charge is 2.54. The molecule has 6 atom stereocenters.